The van der Waals surface area contributed by atoms with Crippen LogP contribution in [0.3, 0.4) is 0 Å². The zero-order valence-corrected chi connectivity index (χ0v) is 18.4. The third kappa shape index (κ3) is 4.55. The molecule has 2 heterocycles. The smallest absolute Gasteiger partial charge is 0.410 e. The molecule has 0 saturated carbocycles. The van der Waals surface area contributed by atoms with E-state index in [4.69, 9.17) is 4.74 Å². The monoisotopic (exact) mass is 420 g/mol. The van der Waals surface area contributed by atoms with E-state index in [1.165, 1.54) is 0 Å². The van der Waals surface area contributed by atoms with Gasteiger partial charge in [-0.15, -0.1) is 0 Å². The number of hydrogen-bond donors (Lipinski definition) is 1. The molecule has 1 saturated heterocycles. The zero-order chi connectivity index (χ0) is 22.2. The number of hydrogen-bond acceptors (Lipinski definition) is 4. The zero-order valence-electron chi connectivity index (χ0n) is 18.4. The van der Waals surface area contributed by atoms with E-state index >= 15 is 0 Å². The number of carbonyl (C=O) groups is 2. The Balaban J connectivity index is 1.41. The summed E-state index contributed by atoms with van der Waals surface area (Å²) in [5, 5.41) is 3.03. The van der Waals surface area contributed by atoms with Gasteiger partial charge in [0, 0.05) is 30.4 Å². The fourth-order valence-corrected chi connectivity index (χ4v) is 3.87. The van der Waals surface area contributed by atoms with Crippen molar-refractivity contribution in [1.29, 1.82) is 0 Å². The summed E-state index contributed by atoms with van der Waals surface area (Å²) in [6.07, 6.45) is 0.375. The summed E-state index contributed by atoms with van der Waals surface area (Å²) in [5.74, 6) is 0.751. The minimum absolute atomic E-state index is 0.0838. The van der Waals surface area contributed by atoms with E-state index in [9.17, 15) is 9.59 Å². The lowest BCUT2D eigenvalue weighted by Gasteiger charge is -2.24. The van der Waals surface area contributed by atoms with Crippen LogP contribution >= 0.6 is 0 Å². The number of amides is 2. The van der Waals surface area contributed by atoms with Gasteiger partial charge >= 0.3 is 6.09 Å². The molecule has 0 spiro atoms. The van der Waals surface area contributed by atoms with Crippen LogP contribution in [0, 0.1) is 6.92 Å². The minimum Gasteiger partial charge on any atom is -0.444 e. The standard InChI is InChI=1S/C24H28N4O3/c1-16-25-20-7-5-6-8-21(20)28(16)19-11-9-17(10-12-19)22(29)26-18-13-14-27(15-18)23(30)31-24(2,3)4/h5-12,18H,13-15H2,1-4H3,(H,26,29). The summed E-state index contributed by atoms with van der Waals surface area (Å²) in [7, 11) is 0. The highest BCUT2D eigenvalue weighted by molar-refractivity contribution is 5.94. The summed E-state index contributed by atoms with van der Waals surface area (Å²) in [4.78, 5) is 31.2. The highest BCUT2D eigenvalue weighted by Crippen LogP contribution is 2.22. The summed E-state index contributed by atoms with van der Waals surface area (Å²) >= 11 is 0. The summed E-state index contributed by atoms with van der Waals surface area (Å²) in [5.41, 5.74) is 2.99. The Morgan fingerprint density at radius 1 is 1.10 bits per heavy atom. The lowest BCUT2D eigenvalue weighted by atomic mass is 10.1. The number of nitrogens with one attached hydrogen (secondary N) is 1. The van der Waals surface area contributed by atoms with Crippen molar-refractivity contribution in [2.45, 2.75) is 45.8 Å². The average molecular weight is 421 g/mol. The molecule has 7 heteroatoms. The highest BCUT2D eigenvalue weighted by Gasteiger charge is 2.30. The van der Waals surface area contributed by atoms with Crippen molar-refractivity contribution in [1.82, 2.24) is 19.8 Å². The first-order valence-electron chi connectivity index (χ1n) is 10.5. The van der Waals surface area contributed by atoms with E-state index < -0.39 is 5.60 Å². The first-order valence-corrected chi connectivity index (χ1v) is 10.5. The number of aryl methyl sites for hydroxylation is 1. The molecule has 3 aromatic rings. The lowest BCUT2D eigenvalue weighted by Crippen LogP contribution is -2.40. The predicted molar refractivity (Wildman–Crippen MR) is 119 cm³/mol. The molecule has 2 aromatic carbocycles. The quantitative estimate of drug-likeness (QED) is 0.693. The van der Waals surface area contributed by atoms with Crippen LogP contribution in [-0.2, 0) is 4.74 Å². The van der Waals surface area contributed by atoms with E-state index in [2.05, 4.69) is 14.9 Å². The molecular weight excluding hydrogens is 392 g/mol. The Morgan fingerprint density at radius 3 is 2.52 bits per heavy atom. The minimum atomic E-state index is -0.529. The highest BCUT2D eigenvalue weighted by atomic mass is 16.6. The van der Waals surface area contributed by atoms with Crippen molar-refractivity contribution in [3.8, 4) is 5.69 Å². The number of rotatable bonds is 3. The van der Waals surface area contributed by atoms with Gasteiger partial charge < -0.3 is 15.0 Å². The number of ether oxygens (including phenoxy) is 1. The van der Waals surface area contributed by atoms with Crippen molar-refractivity contribution in [3.05, 3.63) is 59.9 Å². The third-order valence-electron chi connectivity index (χ3n) is 5.29. The molecule has 1 aliphatic heterocycles. The van der Waals surface area contributed by atoms with Gasteiger partial charge in [-0.3, -0.25) is 9.36 Å². The van der Waals surface area contributed by atoms with Crippen molar-refractivity contribution in [2.24, 2.45) is 0 Å². The normalized spacial score (nSPS) is 16.5. The van der Waals surface area contributed by atoms with Crippen LogP contribution < -0.4 is 5.32 Å². The van der Waals surface area contributed by atoms with Crippen LogP contribution in [0.5, 0.6) is 0 Å². The molecule has 4 rings (SSSR count). The number of aromatic nitrogens is 2. The number of imidazole rings is 1. The fourth-order valence-electron chi connectivity index (χ4n) is 3.87. The van der Waals surface area contributed by atoms with Gasteiger partial charge in [-0.05, 0) is 70.5 Å². The number of para-hydroxylation sites is 2. The first-order chi connectivity index (χ1) is 14.7. The van der Waals surface area contributed by atoms with Crippen LogP contribution in [0.2, 0.25) is 0 Å². The Labute approximate surface area is 182 Å². The van der Waals surface area contributed by atoms with E-state index in [0.717, 1.165) is 22.5 Å². The molecule has 1 aromatic heterocycles. The van der Waals surface area contributed by atoms with Crippen LogP contribution in [0.4, 0.5) is 4.79 Å². The van der Waals surface area contributed by atoms with Crippen LogP contribution in [-0.4, -0.2) is 51.2 Å². The van der Waals surface area contributed by atoms with E-state index in [1.807, 2.05) is 76.2 Å². The SMILES string of the molecule is Cc1nc2ccccc2n1-c1ccc(C(=O)NC2CCN(C(=O)OC(C)(C)C)C2)cc1. The summed E-state index contributed by atoms with van der Waals surface area (Å²) < 4.78 is 7.49. The van der Waals surface area contributed by atoms with Crippen LogP contribution in [0.15, 0.2) is 48.5 Å². The maximum Gasteiger partial charge on any atom is 0.410 e. The Hall–Kier alpha value is -3.35. The number of likely N-dealkylation sites (tertiary alicyclic amines) is 1. The summed E-state index contributed by atoms with van der Waals surface area (Å²) in [6, 6.07) is 15.4. The van der Waals surface area contributed by atoms with E-state index in [1.54, 1.807) is 4.90 Å². The van der Waals surface area contributed by atoms with Gasteiger partial charge in [-0.2, -0.15) is 0 Å². The van der Waals surface area contributed by atoms with E-state index in [-0.39, 0.29) is 18.0 Å². The molecule has 31 heavy (non-hydrogen) atoms. The largest absolute Gasteiger partial charge is 0.444 e. The van der Waals surface area contributed by atoms with Gasteiger partial charge in [0.05, 0.1) is 11.0 Å². The molecule has 162 valence electrons. The van der Waals surface area contributed by atoms with Gasteiger partial charge in [0.2, 0.25) is 0 Å². The maximum atomic E-state index is 12.7. The topological polar surface area (TPSA) is 76.5 Å². The van der Waals surface area contributed by atoms with Gasteiger partial charge in [0.15, 0.2) is 0 Å². The molecule has 1 atom stereocenters. The maximum absolute atomic E-state index is 12.7. The molecule has 0 bridgehead atoms. The van der Waals surface area contributed by atoms with Crippen molar-refractivity contribution in [2.75, 3.05) is 13.1 Å². The van der Waals surface area contributed by atoms with Gasteiger partial charge in [0.1, 0.15) is 11.4 Å². The van der Waals surface area contributed by atoms with Gasteiger partial charge in [-0.25, -0.2) is 9.78 Å². The van der Waals surface area contributed by atoms with E-state index in [0.29, 0.717) is 25.1 Å². The molecule has 7 nitrogen and oxygen atoms in total. The molecule has 1 unspecified atom stereocenters. The first kappa shape index (κ1) is 20.9. The number of fused-ring (bicyclic) bond motifs is 1. The number of benzene rings is 2. The Morgan fingerprint density at radius 2 is 1.81 bits per heavy atom. The molecule has 2 amide bonds. The molecule has 1 N–H and O–H groups in total. The van der Waals surface area contributed by atoms with Crippen molar-refractivity contribution in [3.63, 3.8) is 0 Å². The van der Waals surface area contributed by atoms with Crippen LogP contribution in [0.1, 0.15) is 43.4 Å². The summed E-state index contributed by atoms with van der Waals surface area (Å²) in [6.45, 7) is 8.54. The van der Waals surface area contributed by atoms with Gasteiger partial charge in [-0.1, -0.05) is 12.1 Å². The molecular formula is C24H28N4O3. The molecule has 1 aliphatic rings. The fraction of sp³-hybridized carbons (Fsp3) is 0.375. The van der Waals surface area contributed by atoms with Crippen LogP contribution in [0.25, 0.3) is 16.7 Å². The average Bonchev–Trinajstić information content (AvgIpc) is 3.30. The number of carbonyl (C=O) groups excluding carboxylic acids is 2. The molecule has 0 radical (unpaired) electrons. The molecule has 1 fully saturated rings. The Bertz CT molecular complexity index is 1110. The number of nitrogens with zero attached hydrogens (tertiary/aromatic N) is 3. The van der Waals surface area contributed by atoms with Gasteiger partial charge in [0.25, 0.3) is 5.91 Å². The second kappa shape index (κ2) is 8.06. The Kier molecular flexibility index (Phi) is 5.43. The second-order valence-electron chi connectivity index (χ2n) is 8.92. The third-order valence-corrected chi connectivity index (χ3v) is 5.29. The second-order valence-corrected chi connectivity index (χ2v) is 8.92. The predicted octanol–water partition coefficient (Wildman–Crippen LogP) is 4.07. The lowest BCUT2D eigenvalue weighted by molar-refractivity contribution is 0.0290. The van der Waals surface area contributed by atoms with Crippen molar-refractivity contribution < 1.29 is 14.3 Å². The molecule has 0 aliphatic carbocycles. The van der Waals surface area contributed by atoms with Crippen molar-refractivity contribution >= 4 is 23.0 Å².